The minimum Gasteiger partial charge on any atom is -0.272 e. The summed E-state index contributed by atoms with van der Waals surface area (Å²) in [5.74, 6) is 0. The van der Waals surface area contributed by atoms with Crippen molar-refractivity contribution in [3.8, 4) is 0 Å². The van der Waals surface area contributed by atoms with Gasteiger partial charge in [-0.1, -0.05) is 13.3 Å². The van der Waals surface area contributed by atoms with Crippen molar-refractivity contribution in [3.63, 3.8) is 0 Å². The maximum atomic E-state index is 11.2. The first-order valence-electron chi connectivity index (χ1n) is 2.50. The predicted molar refractivity (Wildman–Crippen MR) is 32.3 cm³/mol. The van der Waals surface area contributed by atoms with Crippen molar-refractivity contribution < 1.29 is 4.20 Å². The van der Waals surface area contributed by atoms with Gasteiger partial charge >= 0.3 is 0 Å². The quantitative estimate of drug-likeness (QED) is 0.444. The van der Waals surface area contributed by atoms with E-state index in [2.05, 4.69) is 12.0 Å². The summed E-state index contributed by atoms with van der Waals surface area (Å²) in [4.78, 5) is 0. The maximum Gasteiger partial charge on any atom is 0.139 e. The number of hydrogen-bond acceptors (Lipinski definition) is 1. The minimum atomic E-state index is -0.582. The van der Waals surface area contributed by atoms with Crippen molar-refractivity contribution in [1.29, 1.82) is 0 Å². The van der Waals surface area contributed by atoms with Gasteiger partial charge in [0, 0.05) is 6.54 Å². The molecule has 0 aromatic carbocycles. The molecule has 0 aliphatic rings. The van der Waals surface area contributed by atoms with Crippen LogP contribution in [0.1, 0.15) is 19.8 Å². The van der Waals surface area contributed by atoms with Gasteiger partial charge in [-0.15, -0.1) is 0 Å². The molecule has 7 heavy (non-hydrogen) atoms. The van der Waals surface area contributed by atoms with E-state index in [-0.39, 0.29) is 0 Å². The fourth-order valence-corrected chi connectivity index (χ4v) is 0.584. The Morgan fingerprint density at radius 1 is 1.71 bits per heavy atom. The lowest BCUT2D eigenvalue weighted by molar-refractivity contribution is 0.754. The lowest BCUT2D eigenvalue weighted by Crippen LogP contribution is -1.99. The van der Waals surface area contributed by atoms with Gasteiger partial charge in [-0.05, 0) is 6.42 Å². The van der Waals surface area contributed by atoms with Crippen molar-refractivity contribution in [2.75, 3.05) is 6.54 Å². The largest absolute Gasteiger partial charge is 0.272 e. The molecule has 0 aromatic heterocycles. The summed E-state index contributed by atoms with van der Waals surface area (Å²) in [5.41, 5.74) is 0. The summed E-state index contributed by atoms with van der Waals surface area (Å²) < 4.78 is 11.2. The average Bonchev–Trinajstić information content (AvgIpc) is 1.69. The third kappa shape index (κ3) is 6.32. The SMILES string of the molecule is CCCCNPF. The second-order valence-corrected chi connectivity index (χ2v) is 1.92. The van der Waals surface area contributed by atoms with Gasteiger partial charge in [-0.2, -0.15) is 0 Å². The van der Waals surface area contributed by atoms with Crippen LogP contribution in [0.3, 0.4) is 0 Å². The normalized spacial score (nSPS) is 11.1. The highest BCUT2D eigenvalue weighted by Crippen LogP contribution is 2.01. The molecule has 0 aliphatic carbocycles. The molecule has 0 saturated heterocycles. The molecular formula is C4H11FNP. The van der Waals surface area contributed by atoms with Crippen LogP contribution in [0.2, 0.25) is 0 Å². The molecule has 0 aliphatic heterocycles. The van der Waals surface area contributed by atoms with Crippen LogP contribution in [0.4, 0.5) is 4.20 Å². The monoisotopic (exact) mass is 123 g/mol. The Hall–Kier alpha value is 0.320. The third-order valence-electron chi connectivity index (χ3n) is 0.722. The van der Waals surface area contributed by atoms with Crippen LogP contribution in [0.5, 0.6) is 0 Å². The summed E-state index contributed by atoms with van der Waals surface area (Å²) in [6, 6.07) is 0. The predicted octanol–water partition coefficient (Wildman–Crippen LogP) is 1.85. The van der Waals surface area contributed by atoms with Gasteiger partial charge in [0.1, 0.15) is 9.04 Å². The standard InChI is InChI=1S/C4H11FNP/c1-2-3-4-6-7-5/h6-7H,2-4H2,1H3. The molecule has 1 unspecified atom stereocenters. The summed E-state index contributed by atoms with van der Waals surface area (Å²) >= 11 is 0. The molecular weight excluding hydrogens is 112 g/mol. The highest BCUT2D eigenvalue weighted by molar-refractivity contribution is 7.29. The Labute approximate surface area is 45.6 Å². The molecule has 3 heteroatoms. The zero-order valence-corrected chi connectivity index (χ0v) is 5.50. The highest BCUT2D eigenvalue weighted by Gasteiger charge is 1.79. The molecule has 1 N–H and O–H groups in total. The van der Waals surface area contributed by atoms with Gasteiger partial charge < -0.3 is 0 Å². The molecule has 44 valence electrons. The second kappa shape index (κ2) is 6.32. The average molecular weight is 123 g/mol. The maximum absolute atomic E-state index is 11.2. The van der Waals surface area contributed by atoms with Gasteiger partial charge in [0.25, 0.3) is 0 Å². The van der Waals surface area contributed by atoms with Crippen LogP contribution in [0.15, 0.2) is 0 Å². The highest BCUT2D eigenvalue weighted by atomic mass is 31.1. The van der Waals surface area contributed by atoms with Crippen LogP contribution in [0.25, 0.3) is 0 Å². The van der Waals surface area contributed by atoms with E-state index in [9.17, 15) is 4.20 Å². The molecule has 0 radical (unpaired) electrons. The zero-order valence-electron chi connectivity index (χ0n) is 4.50. The molecule has 0 saturated carbocycles. The van der Waals surface area contributed by atoms with E-state index in [0.29, 0.717) is 0 Å². The number of rotatable bonds is 4. The van der Waals surface area contributed by atoms with Crippen molar-refractivity contribution in [2.24, 2.45) is 0 Å². The second-order valence-electron chi connectivity index (χ2n) is 1.37. The van der Waals surface area contributed by atoms with E-state index < -0.39 is 9.04 Å². The van der Waals surface area contributed by atoms with Crippen molar-refractivity contribution >= 4 is 9.04 Å². The molecule has 0 fully saturated rings. The molecule has 1 nitrogen and oxygen atoms in total. The zero-order chi connectivity index (χ0) is 5.54. The number of unbranched alkanes of at least 4 members (excludes halogenated alkanes) is 1. The molecule has 0 amide bonds. The first kappa shape index (κ1) is 7.32. The molecule has 0 rings (SSSR count). The van der Waals surface area contributed by atoms with Gasteiger partial charge in [0.05, 0.1) is 0 Å². The van der Waals surface area contributed by atoms with Crippen LogP contribution < -0.4 is 5.09 Å². The van der Waals surface area contributed by atoms with Crippen molar-refractivity contribution in [1.82, 2.24) is 5.09 Å². The van der Waals surface area contributed by atoms with E-state index in [1.807, 2.05) is 0 Å². The van der Waals surface area contributed by atoms with Gasteiger partial charge in [-0.25, -0.2) is 4.20 Å². The van der Waals surface area contributed by atoms with Crippen LogP contribution >= 0.6 is 9.04 Å². The van der Waals surface area contributed by atoms with Crippen LogP contribution in [0, 0.1) is 0 Å². The molecule has 0 bridgehead atoms. The lowest BCUT2D eigenvalue weighted by atomic mass is 10.3. The minimum absolute atomic E-state index is 0.582. The van der Waals surface area contributed by atoms with Gasteiger partial charge in [-0.3, -0.25) is 5.09 Å². The summed E-state index contributed by atoms with van der Waals surface area (Å²) in [6.07, 6.45) is 2.22. The molecule has 0 aromatic rings. The number of hydrogen-bond donors (Lipinski definition) is 1. The summed E-state index contributed by atoms with van der Waals surface area (Å²) in [7, 11) is -0.582. The summed E-state index contributed by atoms with van der Waals surface area (Å²) in [5, 5.41) is 2.61. The van der Waals surface area contributed by atoms with Crippen molar-refractivity contribution in [3.05, 3.63) is 0 Å². The fraction of sp³-hybridized carbons (Fsp3) is 1.00. The fourth-order valence-electron chi connectivity index (χ4n) is 0.312. The number of nitrogens with one attached hydrogen (secondary N) is 1. The van der Waals surface area contributed by atoms with Crippen LogP contribution in [-0.4, -0.2) is 6.54 Å². The Morgan fingerprint density at radius 3 is 2.86 bits per heavy atom. The van der Waals surface area contributed by atoms with E-state index in [1.165, 1.54) is 0 Å². The molecule has 0 heterocycles. The Balaban J connectivity index is 2.45. The molecule has 0 spiro atoms. The van der Waals surface area contributed by atoms with Gasteiger partial charge in [0.15, 0.2) is 0 Å². The Morgan fingerprint density at radius 2 is 2.43 bits per heavy atom. The Kier molecular flexibility index (Phi) is 6.61. The molecule has 1 atom stereocenters. The van der Waals surface area contributed by atoms with E-state index in [4.69, 9.17) is 0 Å². The first-order chi connectivity index (χ1) is 3.41. The first-order valence-corrected chi connectivity index (χ1v) is 3.38. The third-order valence-corrected chi connectivity index (χ3v) is 1.11. The smallest absolute Gasteiger partial charge is 0.139 e. The van der Waals surface area contributed by atoms with Gasteiger partial charge in [0.2, 0.25) is 0 Å². The lowest BCUT2D eigenvalue weighted by Gasteiger charge is -1.92. The topological polar surface area (TPSA) is 12.0 Å². The number of halogens is 1. The van der Waals surface area contributed by atoms with E-state index in [0.717, 1.165) is 19.4 Å². The van der Waals surface area contributed by atoms with E-state index in [1.54, 1.807) is 0 Å². The Bertz CT molecular complexity index is 30.9. The van der Waals surface area contributed by atoms with Crippen LogP contribution in [-0.2, 0) is 0 Å². The van der Waals surface area contributed by atoms with Crippen molar-refractivity contribution in [2.45, 2.75) is 19.8 Å². The van der Waals surface area contributed by atoms with E-state index >= 15 is 0 Å². The summed E-state index contributed by atoms with van der Waals surface area (Å²) in [6.45, 7) is 2.91.